The van der Waals surface area contributed by atoms with Crippen LogP contribution in [0.15, 0.2) is 12.1 Å². The molecule has 0 aliphatic rings. The first kappa shape index (κ1) is 13.3. The number of halogens is 2. The van der Waals surface area contributed by atoms with E-state index in [2.05, 4.69) is 5.32 Å². The van der Waals surface area contributed by atoms with Crippen molar-refractivity contribution in [2.24, 2.45) is 0 Å². The summed E-state index contributed by atoms with van der Waals surface area (Å²) in [6, 6.07) is 3.12. The topological polar surface area (TPSA) is 49.4 Å². The fraction of sp³-hybridized carbons (Fsp3) is 0.333. The molecule has 1 rings (SSSR count). The third-order valence-corrected chi connectivity index (χ3v) is 3.19. The normalized spacial score (nSPS) is 9.94. The minimum Gasteiger partial charge on any atom is -0.322 e. The Kier molecular flexibility index (Phi) is 5.05. The Morgan fingerprint density at radius 2 is 2.19 bits per heavy atom. The van der Waals surface area contributed by atoms with Gasteiger partial charge in [0.1, 0.15) is 5.88 Å². The Hall–Kier alpha value is -0.780. The van der Waals surface area contributed by atoms with Crippen molar-refractivity contribution in [1.29, 1.82) is 0 Å². The minimum atomic E-state index is -0.511. The minimum absolute atomic E-state index is 0.232. The van der Waals surface area contributed by atoms with Gasteiger partial charge in [-0.25, -0.2) is 4.79 Å². The van der Waals surface area contributed by atoms with Crippen LogP contribution in [-0.2, 0) is 11.3 Å². The van der Waals surface area contributed by atoms with E-state index in [4.69, 9.17) is 23.2 Å². The molecule has 4 nitrogen and oxygen atoms in total. The molecule has 7 heteroatoms. The summed E-state index contributed by atoms with van der Waals surface area (Å²) in [5, 5.41) is 2.14. The number of thiophene rings is 1. The summed E-state index contributed by atoms with van der Waals surface area (Å²) in [7, 11) is 1.59. The standard InChI is InChI=1S/C9H10Cl2N2O2S/c1-13(9(15)12-8(14)4-10)5-6-2-3-7(11)16-6/h2-3H,4-5H2,1H3,(H,12,14,15). The zero-order chi connectivity index (χ0) is 12.1. The maximum Gasteiger partial charge on any atom is 0.324 e. The van der Waals surface area contributed by atoms with Gasteiger partial charge < -0.3 is 4.90 Å². The van der Waals surface area contributed by atoms with Gasteiger partial charge >= 0.3 is 6.03 Å². The van der Waals surface area contributed by atoms with E-state index in [1.807, 2.05) is 6.07 Å². The number of rotatable bonds is 3. The third-order valence-electron chi connectivity index (χ3n) is 1.74. The van der Waals surface area contributed by atoms with Gasteiger partial charge in [-0.05, 0) is 12.1 Å². The Morgan fingerprint density at radius 3 is 2.69 bits per heavy atom. The average Bonchev–Trinajstić information content (AvgIpc) is 2.63. The smallest absolute Gasteiger partial charge is 0.322 e. The number of hydrogen-bond acceptors (Lipinski definition) is 3. The van der Waals surface area contributed by atoms with Crippen molar-refractivity contribution < 1.29 is 9.59 Å². The van der Waals surface area contributed by atoms with Crippen LogP contribution in [0.4, 0.5) is 4.79 Å². The number of urea groups is 1. The van der Waals surface area contributed by atoms with Crippen LogP contribution < -0.4 is 5.32 Å². The Bertz CT molecular complexity index is 395. The van der Waals surface area contributed by atoms with Gasteiger partial charge in [-0.2, -0.15) is 0 Å². The van der Waals surface area contributed by atoms with E-state index in [0.717, 1.165) is 4.88 Å². The highest BCUT2D eigenvalue weighted by Crippen LogP contribution is 2.22. The lowest BCUT2D eigenvalue weighted by Gasteiger charge is -2.15. The van der Waals surface area contributed by atoms with Gasteiger partial charge in [-0.1, -0.05) is 11.6 Å². The summed E-state index contributed by atoms with van der Waals surface area (Å²) in [5.41, 5.74) is 0. The van der Waals surface area contributed by atoms with Gasteiger partial charge in [-0.15, -0.1) is 22.9 Å². The van der Waals surface area contributed by atoms with E-state index >= 15 is 0 Å². The molecule has 1 N–H and O–H groups in total. The number of imide groups is 1. The van der Waals surface area contributed by atoms with E-state index in [1.54, 1.807) is 13.1 Å². The highest BCUT2D eigenvalue weighted by atomic mass is 35.5. The van der Waals surface area contributed by atoms with Crippen LogP contribution in [0.3, 0.4) is 0 Å². The second-order valence-electron chi connectivity index (χ2n) is 3.05. The highest BCUT2D eigenvalue weighted by molar-refractivity contribution is 7.16. The molecule has 0 aliphatic heterocycles. The van der Waals surface area contributed by atoms with Crippen molar-refractivity contribution in [3.8, 4) is 0 Å². The molecule has 0 saturated heterocycles. The number of amides is 3. The fourth-order valence-corrected chi connectivity index (χ4v) is 2.20. The highest BCUT2D eigenvalue weighted by Gasteiger charge is 2.12. The summed E-state index contributed by atoms with van der Waals surface area (Å²) in [6.45, 7) is 0.402. The molecule has 0 fully saturated rings. The van der Waals surface area contributed by atoms with Crippen molar-refractivity contribution in [2.75, 3.05) is 12.9 Å². The first-order valence-electron chi connectivity index (χ1n) is 4.38. The van der Waals surface area contributed by atoms with Crippen molar-refractivity contribution in [3.63, 3.8) is 0 Å². The molecule has 0 radical (unpaired) electrons. The predicted octanol–water partition coefficient (Wildman–Crippen LogP) is 2.31. The number of alkyl halides is 1. The van der Waals surface area contributed by atoms with Gasteiger partial charge in [0.25, 0.3) is 0 Å². The summed E-state index contributed by atoms with van der Waals surface area (Å²) in [6.07, 6.45) is 0. The number of hydrogen-bond donors (Lipinski definition) is 1. The fourth-order valence-electron chi connectivity index (χ4n) is 0.990. The van der Waals surface area contributed by atoms with Crippen LogP contribution >= 0.6 is 34.5 Å². The van der Waals surface area contributed by atoms with E-state index in [0.29, 0.717) is 10.9 Å². The van der Waals surface area contributed by atoms with Crippen molar-refractivity contribution in [2.45, 2.75) is 6.54 Å². The number of nitrogens with one attached hydrogen (secondary N) is 1. The monoisotopic (exact) mass is 280 g/mol. The van der Waals surface area contributed by atoms with Gasteiger partial charge in [0.2, 0.25) is 5.91 Å². The molecule has 0 unspecified atom stereocenters. The predicted molar refractivity (Wildman–Crippen MR) is 65.1 cm³/mol. The molecule has 1 aromatic rings. The van der Waals surface area contributed by atoms with Crippen LogP contribution in [0.25, 0.3) is 0 Å². The van der Waals surface area contributed by atoms with Crippen LogP contribution in [-0.4, -0.2) is 29.8 Å². The molecule has 0 atom stereocenters. The maximum atomic E-state index is 11.4. The van der Waals surface area contributed by atoms with Gasteiger partial charge in [0, 0.05) is 11.9 Å². The zero-order valence-corrected chi connectivity index (χ0v) is 10.8. The molecular weight excluding hydrogens is 271 g/mol. The summed E-state index contributed by atoms with van der Waals surface area (Å²) in [5.74, 6) is -0.743. The Labute approximate surface area is 107 Å². The Morgan fingerprint density at radius 1 is 1.50 bits per heavy atom. The van der Waals surface area contributed by atoms with Gasteiger partial charge in [0.05, 0.1) is 10.9 Å². The summed E-state index contributed by atoms with van der Waals surface area (Å²) < 4.78 is 0.667. The third kappa shape index (κ3) is 4.00. The average molecular weight is 281 g/mol. The summed E-state index contributed by atoms with van der Waals surface area (Å²) in [4.78, 5) is 24.6. The second-order valence-corrected chi connectivity index (χ2v) is 5.12. The molecule has 0 aliphatic carbocycles. The molecule has 1 heterocycles. The lowest BCUT2D eigenvalue weighted by atomic mass is 10.4. The molecule has 0 saturated carbocycles. The quantitative estimate of drug-likeness (QED) is 0.864. The van der Waals surface area contributed by atoms with E-state index in [1.165, 1.54) is 16.2 Å². The largest absolute Gasteiger partial charge is 0.324 e. The van der Waals surface area contributed by atoms with Crippen LogP contribution in [0.5, 0.6) is 0 Å². The molecule has 1 aromatic heterocycles. The SMILES string of the molecule is CN(Cc1ccc(Cl)s1)C(=O)NC(=O)CCl. The number of carbonyl (C=O) groups is 2. The second kappa shape index (κ2) is 6.08. The van der Waals surface area contributed by atoms with E-state index < -0.39 is 11.9 Å². The van der Waals surface area contributed by atoms with Gasteiger partial charge in [-0.3, -0.25) is 10.1 Å². The van der Waals surface area contributed by atoms with Crippen molar-refractivity contribution in [3.05, 3.63) is 21.3 Å². The van der Waals surface area contributed by atoms with Crippen molar-refractivity contribution >= 4 is 46.5 Å². The molecule has 0 aromatic carbocycles. The number of carbonyl (C=O) groups excluding carboxylic acids is 2. The lowest BCUT2D eigenvalue weighted by molar-refractivity contribution is -0.117. The maximum absolute atomic E-state index is 11.4. The van der Waals surface area contributed by atoms with Crippen molar-refractivity contribution in [1.82, 2.24) is 10.2 Å². The zero-order valence-electron chi connectivity index (χ0n) is 8.50. The molecular formula is C9H10Cl2N2O2S. The van der Waals surface area contributed by atoms with Crippen LogP contribution in [0, 0.1) is 0 Å². The number of nitrogens with zero attached hydrogens (tertiary/aromatic N) is 1. The molecule has 88 valence electrons. The van der Waals surface area contributed by atoms with Crippen LogP contribution in [0.1, 0.15) is 4.88 Å². The first-order valence-corrected chi connectivity index (χ1v) is 6.11. The van der Waals surface area contributed by atoms with E-state index in [-0.39, 0.29) is 5.88 Å². The van der Waals surface area contributed by atoms with Crippen LogP contribution in [0.2, 0.25) is 4.34 Å². The lowest BCUT2D eigenvalue weighted by Crippen LogP contribution is -2.40. The molecule has 0 bridgehead atoms. The molecule has 3 amide bonds. The Balaban J connectivity index is 2.48. The molecule has 0 spiro atoms. The molecule has 16 heavy (non-hydrogen) atoms. The summed E-state index contributed by atoms with van der Waals surface area (Å²) >= 11 is 12.4. The van der Waals surface area contributed by atoms with Gasteiger partial charge in [0.15, 0.2) is 0 Å². The van der Waals surface area contributed by atoms with E-state index in [9.17, 15) is 9.59 Å². The first-order chi connectivity index (χ1) is 7.52.